The number of fused-ring (bicyclic) bond motifs is 5. The lowest BCUT2D eigenvalue weighted by molar-refractivity contribution is -0.911. The molecule has 0 saturated carbocycles. The zero-order valence-corrected chi connectivity index (χ0v) is 13.0. The van der Waals surface area contributed by atoms with Gasteiger partial charge in [-0.2, -0.15) is 0 Å². The van der Waals surface area contributed by atoms with Gasteiger partial charge in [0.25, 0.3) is 0 Å². The molecule has 3 aliphatic rings. The standard InChI is InChI=1S/C17H21NO5/c1-18(21)13-7-11(8-14(18)16-15(13)23-16)22-17(20)12(9-19)10-5-3-2-4-6-10/h2-6,11-16,19H,7-9H2,1H3/t11?,12-,13-,14+,15+,16-,18?/m0/s1. The number of epoxide rings is 1. The van der Waals surface area contributed by atoms with E-state index < -0.39 is 11.9 Å². The molecule has 0 aliphatic carbocycles. The summed E-state index contributed by atoms with van der Waals surface area (Å²) in [5.41, 5.74) is 0.745. The Morgan fingerprint density at radius 3 is 2.52 bits per heavy atom. The third-order valence-electron chi connectivity index (χ3n) is 5.60. The van der Waals surface area contributed by atoms with Crippen LogP contribution in [0.25, 0.3) is 0 Å². The van der Waals surface area contributed by atoms with E-state index in [1.165, 1.54) is 0 Å². The van der Waals surface area contributed by atoms with Crippen LogP contribution in [-0.2, 0) is 14.3 Å². The molecular formula is C17H21NO5. The average Bonchev–Trinajstić information content (AvgIpc) is 3.27. The van der Waals surface area contributed by atoms with Crippen molar-refractivity contribution in [3.05, 3.63) is 41.1 Å². The van der Waals surface area contributed by atoms with Gasteiger partial charge in [0.1, 0.15) is 36.3 Å². The third kappa shape index (κ3) is 2.37. The first kappa shape index (κ1) is 15.1. The number of benzene rings is 1. The first-order valence-electron chi connectivity index (χ1n) is 8.11. The Hall–Kier alpha value is -1.47. The van der Waals surface area contributed by atoms with Gasteiger partial charge < -0.3 is 24.4 Å². The van der Waals surface area contributed by atoms with Gasteiger partial charge in [-0.3, -0.25) is 4.79 Å². The number of esters is 1. The van der Waals surface area contributed by atoms with Gasteiger partial charge in [-0.05, 0) is 5.56 Å². The summed E-state index contributed by atoms with van der Waals surface area (Å²) in [5.74, 6) is -1.09. The van der Waals surface area contributed by atoms with Crippen molar-refractivity contribution in [2.24, 2.45) is 0 Å². The highest BCUT2D eigenvalue weighted by Gasteiger charge is 2.69. The number of hydrogen-bond acceptors (Lipinski definition) is 5. The van der Waals surface area contributed by atoms with Crippen LogP contribution >= 0.6 is 0 Å². The number of carbonyl (C=O) groups is 1. The van der Waals surface area contributed by atoms with Crippen molar-refractivity contribution in [2.75, 3.05) is 13.7 Å². The number of aliphatic hydroxyl groups excluding tert-OH is 1. The number of ether oxygens (including phenoxy) is 2. The Morgan fingerprint density at radius 2 is 1.96 bits per heavy atom. The SMILES string of the molecule is C[N+]1([O-])[C@@H]2CC(OC(=O)[C@@H](CO)c3ccccc3)C[C@H]1[C@H]1O[C@H]12. The van der Waals surface area contributed by atoms with Crippen molar-refractivity contribution in [2.45, 2.75) is 49.2 Å². The van der Waals surface area contributed by atoms with Crippen LogP contribution in [0.4, 0.5) is 0 Å². The van der Waals surface area contributed by atoms with Crippen LogP contribution in [0.1, 0.15) is 24.3 Å². The molecule has 124 valence electrons. The largest absolute Gasteiger partial charge is 0.632 e. The van der Waals surface area contributed by atoms with E-state index in [2.05, 4.69) is 0 Å². The van der Waals surface area contributed by atoms with Crippen molar-refractivity contribution < 1.29 is 24.0 Å². The number of hydroxylamine groups is 3. The highest BCUT2D eigenvalue weighted by atomic mass is 16.6. The molecule has 2 unspecified atom stereocenters. The summed E-state index contributed by atoms with van der Waals surface area (Å²) in [4.78, 5) is 12.4. The molecule has 3 fully saturated rings. The predicted molar refractivity (Wildman–Crippen MR) is 81.2 cm³/mol. The van der Waals surface area contributed by atoms with E-state index in [0.717, 1.165) is 5.56 Å². The van der Waals surface area contributed by atoms with Crippen molar-refractivity contribution in [3.63, 3.8) is 0 Å². The molecule has 0 radical (unpaired) electrons. The minimum absolute atomic E-state index is 0.0361. The molecule has 23 heavy (non-hydrogen) atoms. The summed E-state index contributed by atoms with van der Waals surface area (Å²) in [5, 5.41) is 22.2. The smallest absolute Gasteiger partial charge is 0.316 e. The summed E-state index contributed by atoms with van der Waals surface area (Å²) in [6, 6.07) is 8.86. The second kappa shape index (κ2) is 5.27. The van der Waals surface area contributed by atoms with E-state index in [1.807, 2.05) is 18.2 Å². The van der Waals surface area contributed by atoms with Gasteiger partial charge in [0.2, 0.25) is 0 Å². The highest BCUT2D eigenvalue weighted by Crippen LogP contribution is 2.52. The maximum Gasteiger partial charge on any atom is 0.316 e. The van der Waals surface area contributed by atoms with Gasteiger partial charge in [-0.25, -0.2) is 0 Å². The van der Waals surface area contributed by atoms with Crippen molar-refractivity contribution >= 4 is 5.97 Å². The number of morpholine rings is 1. The average molecular weight is 319 g/mol. The Labute approximate surface area is 134 Å². The van der Waals surface area contributed by atoms with E-state index in [1.54, 1.807) is 19.2 Å². The van der Waals surface area contributed by atoms with E-state index in [4.69, 9.17) is 9.47 Å². The minimum atomic E-state index is -0.672. The molecule has 3 heterocycles. The lowest BCUT2D eigenvalue weighted by atomic mass is 9.97. The Kier molecular flexibility index (Phi) is 3.46. The molecule has 0 aromatic heterocycles. The minimum Gasteiger partial charge on any atom is -0.632 e. The summed E-state index contributed by atoms with van der Waals surface area (Å²) in [6.45, 7) is -0.286. The summed E-state index contributed by atoms with van der Waals surface area (Å²) in [7, 11) is 1.70. The summed E-state index contributed by atoms with van der Waals surface area (Å²) in [6.07, 6.45) is 0.891. The first-order valence-corrected chi connectivity index (χ1v) is 8.11. The lowest BCUT2D eigenvalue weighted by Gasteiger charge is -2.51. The summed E-state index contributed by atoms with van der Waals surface area (Å²) < 4.78 is 10.9. The molecule has 6 heteroatoms. The number of hydrogen-bond donors (Lipinski definition) is 1. The van der Waals surface area contributed by atoms with Gasteiger partial charge in [-0.15, -0.1) is 0 Å². The van der Waals surface area contributed by atoms with Crippen LogP contribution in [0.3, 0.4) is 0 Å². The van der Waals surface area contributed by atoms with Gasteiger partial charge in [-0.1, -0.05) is 30.3 Å². The van der Waals surface area contributed by atoms with Gasteiger partial charge in [0.05, 0.1) is 13.7 Å². The Balaban J connectivity index is 1.44. The van der Waals surface area contributed by atoms with E-state index in [0.29, 0.717) is 12.8 Å². The number of rotatable bonds is 4. The van der Waals surface area contributed by atoms with Crippen LogP contribution in [0.2, 0.25) is 0 Å². The number of carbonyl (C=O) groups excluding carboxylic acids is 1. The zero-order chi connectivity index (χ0) is 16.2. The van der Waals surface area contributed by atoms with Gasteiger partial charge in [0, 0.05) is 12.8 Å². The first-order chi connectivity index (χ1) is 11.0. The van der Waals surface area contributed by atoms with E-state index >= 15 is 0 Å². The lowest BCUT2D eigenvalue weighted by Crippen LogP contribution is -2.58. The molecule has 2 bridgehead atoms. The fourth-order valence-electron chi connectivity index (χ4n) is 4.25. The fraction of sp³-hybridized carbons (Fsp3) is 0.588. The van der Waals surface area contributed by atoms with Gasteiger partial charge >= 0.3 is 5.97 Å². The van der Waals surface area contributed by atoms with Crippen molar-refractivity contribution in [3.8, 4) is 0 Å². The zero-order valence-electron chi connectivity index (χ0n) is 13.0. The molecule has 0 amide bonds. The van der Waals surface area contributed by atoms with Crippen LogP contribution in [0.5, 0.6) is 0 Å². The maximum atomic E-state index is 12.6. The van der Waals surface area contributed by atoms with Gasteiger partial charge in [0.15, 0.2) is 0 Å². The Bertz CT molecular complexity index is 584. The number of quaternary nitrogens is 1. The number of likely N-dealkylation sites (N-methyl/N-ethyl adjacent to an activating group) is 1. The molecular weight excluding hydrogens is 298 g/mol. The van der Waals surface area contributed by atoms with Crippen LogP contribution in [0, 0.1) is 5.21 Å². The molecule has 6 nitrogen and oxygen atoms in total. The fourth-order valence-corrected chi connectivity index (χ4v) is 4.25. The normalized spacial score (nSPS) is 42.0. The van der Waals surface area contributed by atoms with Crippen molar-refractivity contribution in [1.29, 1.82) is 0 Å². The molecule has 1 N–H and O–H groups in total. The van der Waals surface area contributed by atoms with Crippen LogP contribution < -0.4 is 0 Å². The molecule has 4 rings (SSSR count). The third-order valence-corrected chi connectivity index (χ3v) is 5.60. The predicted octanol–water partition coefficient (Wildman–Crippen LogP) is 0.931. The second-order valence-electron chi connectivity index (χ2n) is 6.94. The maximum absolute atomic E-state index is 12.6. The van der Waals surface area contributed by atoms with Crippen LogP contribution in [0.15, 0.2) is 30.3 Å². The van der Waals surface area contributed by atoms with Crippen molar-refractivity contribution in [1.82, 2.24) is 0 Å². The molecule has 1 aromatic rings. The Morgan fingerprint density at radius 1 is 1.35 bits per heavy atom. The van der Waals surface area contributed by atoms with E-state index in [-0.39, 0.29) is 41.6 Å². The molecule has 3 aliphatic heterocycles. The molecule has 1 aromatic carbocycles. The topological polar surface area (TPSA) is 82.1 Å². The second-order valence-corrected chi connectivity index (χ2v) is 6.94. The monoisotopic (exact) mass is 319 g/mol. The highest BCUT2D eigenvalue weighted by molar-refractivity contribution is 5.78. The molecule has 3 saturated heterocycles. The molecule has 0 spiro atoms. The molecule has 7 atom stereocenters. The summed E-state index contributed by atoms with van der Waals surface area (Å²) >= 11 is 0. The number of nitrogens with zero attached hydrogens (tertiary/aromatic N) is 1. The quantitative estimate of drug-likeness (QED) is 0.386. The number of piperidine rings is 1. The van der Waals surface area contributed by atoms with Crippen LogP contribution in [-0.4, -0.2) is 59.8 Å². The van der Waals surface area contributed by atoms with E-state index in [9.17, 15) is 15.1 Å². The number of aliphatic hydroxyl groups is 1.